The van der Waals surface area contributed by atoms with Crippen LogP contribution in [0.4, 0.5) is 0 Å². The van der Waals surface area contributed by atoms with Crippen LogP contribution < -0.4 is 10.6 Å². The molecule has 0 aromatic carbocycles. The lowest BCUT2D eigenvalue weighted by Crippen LogP contribution is -2.48. The Labute approximate surface area is 162 Å². The Hall–Kier alpha value is -0.340. The molecule has 0 radical (unpaired) electrons. The summed E-state index contributed by atoms with van der Waals surface area (Å²) in [5.74, 6) is 1.72. The zero-order valence-electron chi connectivity index (χ0n) is 14.8. The van der Waals surface area contributed by atoms with Gasteiger partial charge in [0.15, 0.2) is 5.96 Å². The molecule has 1 aromatic heterocycles. The van der Waals surface area contributed by atoms with Gasteiger partial charge in [-0.25, -0.2) is 0 Å². The lowest BCUT2D eigenvalue weighted by Gasteiger charge is -2.35. The number of aryl methyl sites for hydroxylation is 1. The van der Waals surface area contributed by atoms with Crippen LogP contribution in [0.2, 0.25) is 0 Å². The maximum absolute atomic E-state index is 4.33. The molecule has 2 atom stereocenters. The molecule has 0 bridgehead atoms. The highest BCUT2D eigenvalue weighted by molar-refractivity contribution is 14.0. The standard InChI is InChI=1S/C17H30N4S.HI/c1-13-6-5-8-21(12-13)15(3)10-19-17(18-4)20-11-16-14(2)7-9-22-16;/h7,9,13,15H,5-6,8,10-12H2,1-4H3,(H2,18,19,20);1H. The lowest BCUT2D eigenvalue weighted by molar-refractivity contribution is 0.139. The van der Waals surface area contributed by atoms with E-state index in [-0.39, 0.29) is 24.0 Å². The Balaban J connectivity index is 0.00000264. The first-order chi connectivity index (χ1) is 10.6. The second-order valence-electron chi connectivity index (χ2n) is 6.42. The first-order valence-electron chi connectivity index (χ1n) is 8.31. The third-order valence-corrected chi connectivity index (χ3v) is 5.51. The molecule has 2 N–H and O–H groups in total. The Kier molecular flexibility index (Phi) is 9.46. The van der Waals surface area contributed by atoms with E-state index in [0.29, 0.717) is 6.04 Å². The highest BCUT2D eigenvalue weighted by Gasteiger charge is 2.20. The average molecular weight is 450 g/mol. The maximum atomic E-state index is 4.33. The Bertz CT molecular complexity index is 489. The zero-order chi connectivity index (χ0) is 15.9. The van der Waals surface area contributed by atoms with Crippen molar-refractivity contribution in [3.8, 4) is 0 Å². The molecule has 0 saturated carbocycles. The second-order valence-corrected chi connectivity index (χ2v) is 7.43. The molecule has 132 valence electrons. The summed E-state index contributed by atoms with van der Waals surface area (Å²) in [4.78, 5) is 8.30. The second kappa shape index (κ2) is 10.5. The molecule has 4 nitrogen and oxygen atoms in total. The molecule has 1 aromatic rings. The normalized spacial score (nSPS) is 20.7. The summed E-state index contributed by atoms with van der Waals surface area (Å²) in [5, 5.41) is 9.02. The summed E-state index contributed by atoms with van der Waals surface area (Å²) in [6.45, 7) is 11.1. The number of piperidine rings is 1. The number of thiophene rings is 1. The molecule has 1 aliphatic rings. The summed E-state index contributed by atoms with van der Waals surface area (Å²) in [6.07, 6.45) is 2.70. The van der Waals surface area contributed by atoms with Crippen molar-refractivity contribution in [1.82, 2.24) is 15.5 Å². The van der Waals surface area contributed by atoms with Crippen LogP contribution in [0.25, 0.3) is 0 Å². The van der Waals surface area contributed by atoms with E-state index in [1.807, 2.05) is 7.05 Å². The molecule has 2 rings (SSSR count). The van der Waals surface area contributed by atoms with E-state index in [4.69, 9.17) is 0 Å². The van der Waals surface area contributed by atoms with Gasteiger partial charge in [-0.15, -0.1) is 35.3 Å². The van der Waals surface area contributed by atoms with E-state index in [1.165, 1.54) is 36.4 Å². The predicted molar refractivity (Wildman–Crippen MR) is 112 cm³/mol. The van der Waals surface area contributed by atoms with Crippen molar-refractivity contribution in [2.75, 3.05) is 26.7 Å². The molecule has 0 amide bonds. The average Bonchev–Trinajstić information content (AvgIpc) is 2.92. The molecule has 2 unspecified atom stereocenters. The van der Waals surface area contributed by atoms with Gasteiger partial charge in [-0.1, -0.05) is 6.92 Å². The Morgan fingerprint density at radius 3 is 2.87 bits per heavy atom. The summed E-state index contributed by atoms with van der Waals surface area (Å²) >= 11 is 1.80. The van der Waals surface area contributed by atoms with E-state index in [0.717, 1.165) is 25.0 Å². The third kappa shape index (κ3) is 6.58. The zero-order valence-corrected chi connectivity index (χ0v) is 17.9. The van der Waals surface area contributed by atoms with Crippen LogP contribution in [0.1, 0.15) is 37.1 Å². The number of nitrogens with one attached hydrogen (secondary N) is 2. The van der Waals surface area contributed by atoms with Gasteiger partial charge in [0.1, 0.15) is 0 Å². The van der Waals surface area contributed by atoms with Crippen LogP contribution in [0.3, 0.4) is 0 Å². The Morgan fingerprint density at radius 2 is 2.26 bits per heavy atom. The third-order valence-electron chi connectivity index (χ3n) is 4.48. The van der Waals surface area contributed by atoms with Crippen LogP contribution in [-0.2, 0) is 6.54 Å². The maximum Gasteiger partial charge on any atom is 0.191 e. The molecule has 23 heavy (non-hydrogen) atoms. The van der Waals surface area contributed by atoms with Gasteiger partial charge in [0.25, 0.3) is 0 Å². The Morgan fingerprint density at radius 1 is 1.48 bits per heavy atom. The smallest absolute Gasteiger partial charge is 0.191 e. The van der Waals surface area contributed by atoms with Gasteiger partial charge in [-0.2, -0.15) is 0 Å². The molecule has 1 aliphatic heterocycles. The van der Waals surface area contributed by atoms with E-state index in [2.05, 4.69) is 52.7 Å². The van der Waals surface area contributed by atoms with Gasteiger partial charge in [0, 0.05) is 31.1 Å². The van der Waals surface area contributed by atoms with Crippen molar-refractivity contribution in [2.45, 2.75) is 46.2 Å². The summed E-state index contributed by atoms with van der Waals surface area (Å²) in [6, 6.07) is 2.71. The number of hydrogen-bond acceptors (Lipinski definition) is 3. The van der Waals surface area contributed by atoms with Crippen LogP contribution in [0.15, 0.2) is 16.4 Å². The minimum atomic E-state index is 0. The number of likely N-dealkylation sites (tertiary alicyclic amines) is 1. The lowest BCUT2D eigenvalue weighted by atomic mass is 9.99. The molecule has 6 heteroatoms. The highest BCUT2D eigenvalue weighted by atomic mass is 127. The van der Waals surface area contributed by atoms with E-state index < -0.39 is 0 Å². The van der Waals surface area contributed by atoms with Crippen molar-refractivity contribution < 1.29 is 0 Å². The van der Waals surface area contributed by atoms with Crippen molar-refractivity contribution in [2.24, 2.45) is 10.9 Å². The minimum absolute atomic E-state index is 0. The molecular weight excluding hydrogens is 419 g/mol. The summed E-state index contributed by atoms with van der Waals surface area (Å²) in [5.41, 5.74) is 1.35. The number of nitrogens with zero attached hydrogens (tertiary/aromatic N) is 2. The SMILES string of the molecule is CN=C(NCc1sccc1C)NCC(C)N1CCCC(C)C1.I. The fraction of sp³-hybridized carbons (Fsp3) is 0.706. The van der Waals surface area contributed by atoms with Gasteiger partial charge >= 0.3 is 0 Å². The monoisotopic (exact) mass is 450 g/mol. The fourth-order valence-corrected chi connectivity index (χ4v) is 3.82. The van der Waals surface area contributed by atoms with Crippen molar-refractivity contribution >= 4 is 41.3 Å². The molecule has 1 fully saturated rings. The van der Waals surface area contributed by atoms with Crippen molar-refractivity contribution in [3.63, 3.8) is 0 Å². The van der Waals surface area contributed by atoms with Gasteiger partial charge in [-0.3, -0.25) is 9.89 Å². The number of rotatable bonds is 5. The van der Waals surface area contributed by atoms with Crippen LogP contribution in [-0.4, -0.2) is 43.6 Å². The number of halogens is 1. The quantitative estimate of drug-likeness (QED) is 0.410. The van der Waals surface area contributed by atoms with Crippen LogP contribution >= 0.6 is 35.3 Å². The van der Waals surface area contributed by atoms with Crippen molar-refractivity contribution in [3.05, 3.63) is 21.9 Å². The van der Waals surface area contributed by atoms with E-state index in [1.54, 1.807) is 11.3 Å². The largest absolute Gasteiger partial charge is 0.355 e. The topological polar surface area (TPSA) is 39.7 Å². The molecular formula is C17H31IN4S. The highest BCUT2D eigenvalue weighted by Crippen LogP contribution is 2.17. The number of aliphatic imine (C=N–C) groups is 1. The van der Waals surface area contributed by atoms with Gasteiger partial charge in [-0.05, 0) is 56.2 Å². The molecule has 2 heterocycles. The van der Waals surface area contributed by atoms with Crippen LogP contribution in [0, 0.1) is 12.8 Å². The summed E-state index contributed by atoms with van der Waals surface area (Å²) in [7, 11) is 1.84. The fourth-order valence-electron chi connectivity index (χ4n) is 2.97. The first-order valence-corrected chi connectivity index (χ1v) is 9.19. The molecule has 0 spiro atoms. The van der Waals surface area contributed by atoms with Gasteiger partial charge < -0.3 is 10.6 Å². The molecule has 1 saturated heterocycles. The van der Waals surface area contributed by atoms with Crippen molar-refractivity contribution in [1.29, 1.82) is 0 Å². The minimum Gasteiger partial charge on any atom is -0.355 e. The van der Waals surface area contributed by atoms with Gasteiger partial charge in [0.2, 0.25) is 0 Å². The van der Waals surface area contributed by atoms with E-state index >= 15 is 0 Å². The number of hydrogen-bond donors (Lipinski definition) is 2. The van der Waals surface area contributed by atoms with Crippen LogP contribution in [0.5, 0.6) is 0 Å². The summed E-state index contributed by atoms with van der Waals surface area (Å²) < 4.78 is 0. The predicted octanol–water partition coefficient (Wildman–Crippen LogP) is 3.46. The molecule has 0 aliphatic carbocycles. The van der Waals surface area contributed by atoms with E-state index in [9.17, 15) is 0 Å². The van der Waals surface area contributed by atoms with Gasteiger partial charge in [0.05, 0.1) is 6.54 Å². The number of guanidine groups is 1. The first kappa shape index (κ1) is 20.7.